The Morgan fingerprint density at radius 2 is 1.48 bits per heavy atom. The Morgan fingerprint density at radius 1 is 0.960 bits per heavy atom. The van der Waals surface area contributed by atoms with Crippen LogP contribution in [0.3, 0.4) is 0 Å². The van der Waals surface area contributed by atoms with E-state index in [1.165, 1.54) is 24.0 Å². The molecule has 0 aromatic heterocycles. The van der Waals surface area contributed by atoms with Crippen molar-refractivity contribution in [1.82, 2.24) is 10.2 Å². The maximum Gasteiger partial charge on any atom is 0.221 e. The summed E-state index contributed by atoms with van der Waals surface area (Å²) in [5.74, 6) is 0.230. The monoisotopic (exact) mass is 336 g/mol. The number of carbonyl (C=O) groups excluding carboxylic acids is 1. The topological polar surface area (TPSA) is 32.3 Å². The zero-order valence-corrected chi connectivity index (χ0v) is 15.0. The molecule has 3 rings (SSSR count). The van der Waals surface area contributed by atoms with Gasteiger partial charge in [0.2, 0.25) is 5.91 Å². The van der Waals surface area contributed by atoms with Gasteiger partial charge in [-0.05, 0) is 44.0 Å². The minimum Gasteiger partial charge on any atom is -0.355 e. The van der Waals surface area contributed by atoms with Crippen LogP contribution in [0.1, 0.15) is 43.2 Å². The van der Waals surface area contributed by atoms with Crippen LogP contribution >= 0.6 is 0 Å². The predicted molar refractivity (Wildman–Crippen MR) is 103 cm³/mol. The summed E-state index contributed by atoms with van der Waals surface area (Å²) in [6, 6.07) is 21.0. The standard InChI is InChI=1S/C22H28N2O/c1-18(24-14-8-9-15-24)17-23-22(25)16-21(19-10-4-2-5-11-19)20-12-6-3-7-13-20/h2-7,10-13,18,21H,8-9,14-17H2,1H3,(H,23,25). The molecule has 1 fully saturated rings. The third-order valence-corrected chi connectivity index (χ3v) is 5.15. The molecule has 3 nitrogen and oxygen atoms in total. The van der Waals surface area contributed by atoms with Crippen molar-refractivity contribution in [3.8, 4) is 0 Å². The Bertz CT molecular complexity index is 611. The Balaban J connectivity index is 1.63. The fourth-order valence-corrected chi connectivity index (χ4v) is 3.63. The molecule has 1 amide bonds. The van der Waals surface area contributed by atoms with Crippen molar-refractivity contribution in [2.45, 2.75) is 38.1 Å². The minimum atomic E-state index is 0.101. The lowest BCUT2D eigenvalue weighted by molar-refractivity contribution is -0.121. The number of hydrogen-bond acceptors (Lipinski definition) is 2. The molecule has 0 spiro atoms. The summed E-state index contributed by atoms with van der Waals surface area (Å²) < 4.78 is 0. The van der Waals surface area contributed by atoms with Gasteiger partial charge in [-0.25, -0.2) is 0 Å². The van der Waals surface area contributed by atoms with Gasteiger partial charge in [-0.2, -0.15) is 0 Å². The predicted octanol–water partition coefficient (Wildman–Crippen LogP) is 3.81. The van der Waals surface area contributed by atoms with E-state index in [1.807, 2.05) is 36.4 Å². The van der Waals surface area contributed by atoms with Gasteiger partial charge in [0, 0.05) is 24.9 Å². The van der Waals surface area contributed by atoms with Crippen LogP contribution in [-0.4, -0.2) is 36.5 Å². The quantitative estimate of drug-likeness (QED) is 0.834. The van der Waals surface area contributed by atoms with Crippen LogP contribution in [0.5, 0.6) is 0 Å². The van der Waals surface area contributed by atoms with Crippen molar-refractivity contribution in [3.05, 3.63) is 71.8 Å². The van der Waals surface area contributed by atoms with E-state index in [1.54, 1.807) is 0 Å². The van der Waals surface area contributed by atoms with Crippen LogP contribution in [0, 0.1) is 0 Å². The fraction of sp³-hybridized carbons (Fsp3) is 0.409. The third kappa shape index (κ3) is 4.93. The van der Waals surface area contributed by atoms with Crippen LogP contribution in [0.25, 0.3) is 0 Å². The number of likely N-dealkylation sites (tertiary alicyclic amines) is 1. The number of nitrogens with one attached hydrogen (secondary N) is 1. The first-order chi connectivity index (χ1) is 12.2. The van der Waals surface area contributed by atoms with E-state index in [0.717, 1.165) is 19.6 Å². The number of carbonyl (C=O) groups is 1. The van der Waals surface area contributed by atoms with Gasteiger partial charge in [-0.3, -0.25) is 9.69 Å². The van der Waals surface area contributed by atoms with Gasteiger partial charge < -0.3 is 5.32 Å². The number of rotatable bonds is 7. The molecule has 1 atom stereocenters. The highest BCUT2D eigenvalue weighted by Gasteiger charge is 2.21. The second kappa shape index (κ2) is 8.82. The van der Waals surface area contributed by atoms with E-state index in [4.69, 9.17) is 0 Å². The van der Waals surface area contributed by atoms with Crippen LogP contribution in [0.15, 0.2) is 60.7 Å². The van der Waals surface area contributed by atoms with E-state index in [-0.39, 0.29) is 11.8 Å². The molecule has 1 unspecified atom stereocenters. The summed E-state index contributed by atoms with van der Waals surface area (Å²) in [6.07, 6.45) is 3.05. The number of benzene rings is 2. The molecule has 2 aromatic rings. The molecule has 1 aliphatic heterocycles. The molecule has 1 heterocycles. The molecular weight excluding hydrogens is 308 g/mol. The van der Waals surface area contributed by atoms with Crippen LogP contribution in [0.4, 0.5) is 0 Å². The van der Waals surface area contributed by atoms with Crippen molar-refractivity contribution in [1.29, 1.82) is 0 Å². The zero-order chi connectivity index (χ0) is 17.5. The maximum absolute atomic E-state index is 12.6. The molecule has 1 N–H and O–H groups in total. The molecule has 0 radical (unpaired) electrons. The van der Waals surface area contributed by atoms with Gasteiger partial charge in [0.25, 0.3) is 0 Å². The first kappa shape index (κ1) is 17.7. The summed E-state index contributed by atoms with van der Waals surface area (Å²) in [5, 5.41) is 3.15. The average molecular weight is 336 g/mol. The summed E-state index contributed by atoms with van der Waals surface area (Å²) in [6.45, 7) is 5.26. The van der Waals surface area contributed by atoms with Crippen molar-refractivity contribution < 1.29 is 4.79 Å². The third-order valence-electron chi connectivity index (χ3n) is 5.15. The number of amides is 1. The smallest absolute Gasteiger partial charge is 0.221 e. The first-order valence-corrected chi connectivity index (χ1v) is 9.34. The van der Waals surface area contributed by atoms with E-state index in [0.29, 0.717) is 12.5 Å². The van der Waals surface area contributed by atoms with Crippen molar-refractivity contribution in [2.24, 2.45) is 0 Å². The average Bonchev–Trinajstić information content (AvgIpc) is 3.20. The lowest BCUT2D eigenvalue weighted by Crippen LogP contribution is -2.41. The van der Waals surface area contributed by atoms with E-state index in [2.05, 4.69) is 41.4 Å². The van der Waals surface area contributed by atoms with E-state index >= 15 is 0 Å². The Kier molecular flexibility index (Phi) is 6.24. The van der Waals surface area contributed by atoms with E-state index in [9.17, 15) is 4.79 Å². The lowest BCUT2D eigenvalue weighted by atomic mass is 9.88. The summed E-state index contributed by atoms with van der Waals surface area (Å²) in [5.41, 5.74) is 2.38. The maximum atomic E-state index is 12.6. The van der Waals surface area contributed by atoms with Crippen LogP contribution in [0.2, 0.25) is 0 Å². The molecule has 1 saturated heterocycles. The Morgan fingerprint density at radius 3 is 2.00 bits per heavy atom. The highest BCUT2D eigenvalue weighted by molar-refractivity contribution is 5.77. The molecule has 2 aromatic carbocycles. The lowest BCUT2D eigenvalue weighted by Gasteiger charge is -2.24. The Labute approximate surface area is 151 Å². The van der Waals surface area contributed by atoms with E-state index < -0.39 is 0 Å². The molecule has 0 aliphatic carbocycles. The van der Waals surface area contributed by atoms with Crippen LogP contribution < -0.4 is 5.32 Å². The Hall–Kier alpha value is -2.13. The second-order valence-electron chi connectivity index (χ2n) is 6.97. The molecule has 0 bridgehead atoms. The van der Waals surface area contributed by atoms with Gasteiger partial charge in [0.05, 0.1) is 0 Å². The molecule has 132 valence electrons. The normalized spacial score (nSPS) is 16.1. The molecule has 1 aliphatic rings. The molecule has 0 saturated carbocycles. The van der Waals surface area contributed by atoms with Gasteiger partial charge >= 0.3 is 0 Å². The summed E-state index contributed by atoms with van der Waals surface area (Å²) in [4.78, 5) is 15.1. The fourth-order valence-electron chi connectivity index (χ4n) is 3.63. The summed E-state index contributed by atoms with van der Waals surface area (Å²) >= 11 is 0. The largest absolute Gasteiger partial charge is 0.355 e. The number of hydrogen-bond donors (Lipinski definition) is 1. The first-order valence-electron chi connectivity index (χ1n) is 9.34. The second-order valence-corrected chi connectivity index (χ2v) is 6.97. The zero-order valence-electron chi connectivity index (χ0n) is 15.0. The van der Waals surface area contributed by atoms with Gasteiger partial charge in [0.15, 0.2) is 0 Å². The highest BCUT2D eigenvalue weighted by Crippen LogP contribution is 2.27. The molecule has 3 heteroatoms. The van der Waals surface area contributed by atoms with Crippen molar-refractivity contribution in [2.75, 3.05) is 19.6 Å². The SMILES string of the molecule is CC(CNC(=O)CC(c1ccccc1)c1ccccc1)N1CCCC1. The van der Waals surface area contributed by atoms with Gasteiger partial charge in [-0.1, -0.05) is 60.7 Å². The summed E-state index contributed by atoms with van der Waals surface area (Å²) in [7, 11) is 0. The van der Waals surface area contributed by atoms with Gasteiger partial charge in [0.1, 0.15) is 0 Å². The van der Waals surface area contributed by atoms with Crippen molar-refractivity contribution >= 4 is 5.91 Å². The van der Waals surface area contributed by atoms with Crippen molar-refractivity contribution in [3.63, 3.8) is 0 Å². The molecule has 25 heavy (non-hydrogen) atoms. The van der Waals surface area contributed by atoms with Gasteiger partial charge in [-0.15, -0.1) is 0 Å². The minimum absolute atomic E-state index is 0.101. The van der Waals surface area contributed by atoms with Crippen LogP contribution in [-0.2, 0) is 4.79 Å². The highest BCUT2D eigenvalue weighted by atomic mass is 16.1. The molecular formula is C22H28N2O. The number of nitrogens with zero attached hydrogens (tertiary/aromatic N) is 1.